The van der Waals surface area contributed by atoms with Crippen molar-refractivity contribution in [1.29, 1.82) is 0 Å². The maximum atomic E-state index is 5.73. The largest absolute Gasteiger partial charge is 0.346 e. The molecule has 0 saturated heterocycles. The van der Waals surface area contributed by atoms with Crippen LogP contribution in [0.3, 0.4) is 0 Å². The Hall–Kier alpha value is -1.35. The van der Waals surface area contributed by atoms with Crippen molar-refractivity contribution in [3.8, 4) is 0 Å². The third-order valence-corrected chi connectivity index (χ3v) is 2.69. The van der Waals surface area contributed by atoms with Gasteiger partial charge in [-0.15, -0.1) is 0 Å². The van der Waals surface area contributed by atoms with Crippen molar-refractivity contribution < 1.29 is 0 Å². The van der Waals surface area contributed by atoms with E-state index in [1.807, 2.05) is 12.3 Å². The molecule has 2 N–H and O–H groups in total. The van der Waals surface area contributed by atoms with Crippen LogP contribution in [-0.2, 0) is 0 Å². The molecule has 1 aliphatic heterocycles. The van der Waals surface area contributed by atoms with Gasteiger partial charge in [0.15, 0.2) is 0 Å². The molecule has 80 valence electrons. The highest BCUT2D eigenvalue weighted by Crippen LogP contribution is 2.27. The number of anilines is 1. The van der Waals surface area contributed by atoms with E-state index in [1.54, 1.807) is 0 Å². The van der Waals surface area contributed by atoms with Crippen molar-refractivity contribution in [2.75, 3.05) is 11.4 Å². The molecule has 15 heavy (non-hydrogen) atoms. The minimum atomic E-state index is 0.0832. The SMILES string of the molecule is CC(C)N1c2ccccc2C=NC1CN. The first-order valence-corrected chi connectivity index (χ1v) is 5.34. The summed E-state index contributed by atoms with van der Waals surface area (Å²) in [5.74, 6) is 0. The number of nitrogens with two attached hydrogens (primary N) is 1. The molecule has 3 nitrogen and oxygen atoms in total. The van der Waals surface area contributed by atoms with Gasteiger partial charge in [-0.2, -0.15) is 0 Å². The molecule has 1 aliphatic rings. The van der Waals surface area contributed by atoms with Crippen LogP contribution in [-0.4, -0.2) is 25.0 Å². The van der Waals surface area contributed by atoms with Crippen molar-refractivity contribution in [2.45, 2.75) is 26.1 Å². The number of rotatable bonds is 2. The lowest BCUT2D eigenvalue weighted by atomic mass is 10.1. The molecule has 0 spiro atoms. The lowest BCUT2D eigenvalue weighted by Crippen LogP contribution is -2.46. The van der Waals surface area contributed by atoms with Gasteiger partial charge in [-0.1, -0.05) is 18.2 Å². The average Bonchev–Trinajstić information content (AvgIpc) is 2.27. The molecule has 0 radical (unpaired) electrons. The smallest absolute Gasteiger partial charge is 0.133 e. The van der Waals surface area contributed by atoms with Crippen LogP contribution in [0, 0.1) is 0 Å². The molecule has 0 bridgehead atoms. The topological polar surface area (TPSA) is 41.6 Å². The molecule has 1 atom stereocenters. The Labute approximate surface area is 90.6 Å². The summed E-state index contributed by atoms with van der Waals surface area (Å²) >= 11 is 0. The Morgan fingerprint density at radius 2 is 2.13 bits per heavy atom. The number of hydrogen-bond donors (Lipinski definition) is 1. The van der Waals surface area contributed by atoms with Crippen LogP contribution >= 0.6 is 0 Å². The zero-order chi connectivity index (χ0) is 10.8. The number of fused-ring (bicyclic) bond motifs is 1. The fraction of sp³-hybridized carbons (Fsp3) is 0.417. The molecular formula is C12H17N3. The maximum Gasteiger partial charge on any atom is 0.133 e. The lowest BCUT2D eigenvalue weighted by molar-refractivity contribution is 0.561. The van der Waals surface area contributed by atoms with E-state index in [2.05, 4.69) is 41.9 Å². The van der Waals surface area contributed by atoms with Gasteiger partial charge in [-0.3, -0.25) is 4.99 Å². The van der Waals surface area contributed by atoms with Crippen LogP contribution in [0.2, 0.25) is 0 Å². The maximum absolute atomic E-state index is 5.73. The van der Waals surface area contributed by atoms with Crippen LogP contribution in [0.5, 0.6) is 0 Å². The van der Waals surface area contributed by atoms with Gasteiger partial charge in [0.05, 0.1) is 0 Å². The van der Waals surface area contributed by atoms with Crippen molar-refractivity contribution in [1.82, 2.24) is 0 Å². The molecule has 1 unspecified atom stereocenters. The lowest BCUT2D eigenvalue weighted by Gasteiger charge is -2.37. The van der Waals surface area contributed by atoms with E-state index in [4.69, 9.17) is 5.73 Å². The van der Waals surface area contributed by atoms with Crippen LogP contribution < -0.4 is 10.6 Å². The summed E-state index contributed by atoms with van der Waals surface area (Å²) in [6, 6.07) is 8.72. The molecule has 2 rings (SSSR count). The Morgan fingerprint density at radius 3 is 2.80 bits per heavy atom. The van der Waals surface area contributed by atoms with E-state index >= 15 is 0 Å². The Morgan fingerprint density at radius 1 is 1.40 bits per heavy atom. The Balaban J connectivity index is 2.45. The summed E-state index contributed by atoms with van der Waals surface area (Å²) in [6.07, 6.45) is 2.01. The first-order valence-electron chi connectivity index (χ1n) is 5.34. The first-order chi connectivity index (χ1) is 7.24. The summed E-state index contributed by atoms with van der Waals surface area (Å²) in [4.78, 5) is 6.74. The summed E-state index contributed by atoms with van der Waals surface area (Å²) in [7, 11) is 0. The molecule has 1 heterocycles. The highest BCUT2D eigenvalue weighted by molar-refractivity contribution is 5.90. The summed E-state index contributed by atoms with van der Waals surface area (Å²) in [5.41, 5.74) is 8.14. The summed E-state index contributed by atoms with van der Waals surface area (Å²) < 4.78 is 0. The van der Waals surface area contributed by atoms with Gasteiger partial charge in [0.25, 0.3) is 0 Å². The molecule has 1 aromatic carbocycles. The van der Waals surface area contributed by atoms with E-state index < -0.39 is 0 Å². The van der Waals surface area contributed by atoms with Gasteiger partial charge < -0.3 is 10.6 Å². The molecule has 0 saturated carbocycles. The van der Waals surface area contributed by atoms with Gasteiger partial charge in [0.1, 0.15) is 6.17 Å². The first kappa shape index (κ1) is 10.2. The second-order valence-corrected chi connectivity index (χ2v) is 4.05. The quantitative estimate of drug-likeness (QED) is 0.793. The van der Waals surface area contributed by atoms with Crippen LogP contribution in [0.1, 0.15) is 19.4 Å². The summed E-state index contributed by atoms with van der Waals surface area (Å²) in [5, 5.41) is 0. The highest BCUT2D eigenvalue weighted by Gasteiger charge is 2.23. The van der Waals surface area contributed by atoms with Crippen LogP contribution in [0.15, 0.2) is 29.3 Å². The standard InChI is InChI=1S/C12H17N3/c1-9(2)15-11-6-4-3-5-10(11)8-14-12(15)7-13/h3-6,8-9,12H,7,13H2,1-2H3. The second kappa shape index (κ2) is 4.03. The van der Waals surface area contributed by atoms with Gasteiger partial charge in [0.2, 0.25) is 0 Å². The van der Waals surface area contributed by atoms with E-state index in [0.717, 1.165) is 0 Å². The van der Waals surface area contributed by atoms with Crippen LogP contribution in [0.4, 0.5) is 5.69 Å². The van der Waals surface area contributed by atoms with E-state index in [-0.39, 0.29) is 6.17 Å². The molecule has 0 fully saturated rings. The monoisotopic (exact) mass is 203 g/mol. The van der Waals surface area contributed by atoms with Gasteiger partial charge in [0, 0.05) is 30.1 Å². The second-order valence-electron chi connectivity index (χ2n) is 4.05. The number of aliphatic imine (C=N–C) groups is 1. The van der Waals surface area contributed by atoms with E-state index in [1.165, 1.54) is 11.3 Å². The zero-order valence-corrected chi connectivity index (χ0v) is 9.22. The van der Waals surface area contributed by atoms with E-state index in [9.17, 15) is 0 Å². The number of hydrogen-bond acceptors (Lipinski definition) is 3. The third kappa shape index (κ3) is 1.75. The normalized spacial score (nSPS) is 19.5. The van der Waals surface area contributed by atoms with Gasteiger partial charge in [-0.25, -0.2) is 0 Å². The molecule has 1 aromatic rings. The number of nitrogens with zero attached hydrogens (tertiary/aromatic N) is 2. The fourth-order valence-electron chi connectivity index (χ4n) is 2.03. The molecule has 3 heteroatoms. The third-order valence-electron chi connectivity index (χ3n) is 2.69. The van der Waals surface area contributed by atoms with Gasteiger partial charge in [-0.05, 0) is 19.9 Å². The van der Waals surface area contributed by atoms with E-state index in [0.29, 0.717) is 12.6 Å². The minimum absolute atomic E-state index is 0.0832. The molecule has 0 amide bonds. The van der Waals surface area contributed by atoms with Crippen molar-refractivity contribution >= 4 is 11.9 Å². The number of para-hydroxylation sites is 1. The van der Waals surface area contributed by atoms with Crippen molar-refractivity contribution in [2.24, 2.45) is 10.7 Å². The number of benzene rings is 1. The zero-order valence-electron chi connectivity index (χ0n) is 9.22. The Kier molecular flexibility index (Phi) is 2.73. The van der Waals surface area contributed by atoms with Crippen molar-refractivity contribution in [3.63, 3.8) is 0 Å². The molecular weight excluding hydrogens is 186 g/mol. The Bertz CT molecular complexity index is 371. The van der Waals surface area contributed by atoms with Crippen LogP contribution in [0.25, 0.3) is 0 Å². The average molecular weight is 203 g/mol. The summed E-state index contributed by atoms with van der Waals surface area (Å²) in [6.45, 7) is 4.89. The highest BCUT2D eigenvalue weighted by atomic mass is 15.3. The fourth-order valence-corrected chi connectivity index (χ4v) is 2.03. The predicted molar refractivity (Wildman–Crippen MR) is 64.5 cm³/mol. The molecule has 0 aromatic heterocycles. The van der Waals surface area contributed by atoms with Crippen molar-refractivity contribution in [3.05, 3.63) is 29.8 Å². The predicted octanol–water partition coefficient (Wildman–Crippen LogP) is 1.62. The minimum Gasteiger partial charge on any atom is -0.346 e. The molecule has 0 aliphatic carbocycles. The van der Waals surface area contributed by atoms with Gasteiger partial charge >= 0.3 is 0 Å².